The van der Waals surface area contributed by atoms with Gasteiger partial charge in [0.2, 0.25) is 41.1 Å². The molecule has 5 amide bonds. The van der Waals surface area contributed by atoms with Crippen LogP contribution in [0.5, 0.6) is 5.75 Å². The topological polar surface area (TPSA) is 368 Å². The largest absolute Gasteiger partial charge is 0.508 e. The predicted octanol–water partition coefficient (Wildman–Crippen LogP) is -1.62. The molecule has 390 valence electrons. The number of thioether (sulfide) groups is 1. The number of hydrogen-bond acceptors (Lipinski definition) is 15. The third kappa shape index (κ3) is 19.2. The van der Waals surface area contributed by atoms with Gasteiger partial charge in [-0.2, -0.15) is 11.8 Å². The molecule has 8 atom stereocenters. The number of phenolic OH excluding ortho intramolecular Hbond substituents is 1. The van der Waals surface area contributed by atoms with Gasteiger partial charge in [0.05, 0.1) is 24.7 Å². The molecule has 3 rings (SSSR count). The van der Waals surface area contributed by atoms with Gasteiger partial charge >= 0.3 is 0 Å². The predicted molar refractivity (Wildman–Crippen MR) is 266 cm³/mol. The van der Waals surface area contributed by atoms with Crippen LogP contribution in [0, 0.1) is 22.7 Å². The van der Waals surface area contributed by atoms with Gasteiger partial charge in [0, 0.05) is 32.0 Å². The van der Waals surface area contributed by atoms with Crippen LogP contribution in [0.4, 0.5) is 0 Å². The van der Waals surface area contributed by atoms with Crippen LogP contribution < -0.4 is 59.5 Å². The van der Waals surface area contributed by atoms with E-state index in [1.165, 1.54) is 23.9 Å². The summed E-state index contributed by atoms with van der Waals surface area (Å²) in [7, 11) is 0. The first-order valence-electron chi connectivity index (χ1n) is 23.9. The molecule has 0 aliphatic carbocycles. The van der Waals surface area contributed by atoms with E-state index >= 15 is 0 Å². The number of nitrogens with one attached hydrogen (secondary N) is 11. The van der Waals surface area contributed by atoms with Crippen molar-refractivity contribution in [1.29, 1.82) is 10.8 Å². The van der Waals surface area contributed by atoms with E-state index in [-0.39, 0.29) is 81.0 Å². The van der Waals surface area contributed by atoms with E-state index in [0.717, 1.165) is 0 Å². The summed E-state index contributed by atoms with van der Waals surface area (Å²) in [5, 5.41) is 43.9. The van der Waals surface area contributed by atoms with Gasteiger partial charge in [-0.25, -0.2) is 10.9 Å². The Balaban J connectivity index is 2.11. The van der Waals surface area contributed by atoms with E-state index in [4.69, 9.17) is 22.3 Å². The quantitative estimate of drug-likeness (QED) is 0.0406. The molecule has 23 nitrogen and oxygen atoms in total. The van der Waals surface area contributed by atoms with Crippen LogP contribution in [-0.4, -0.2) is 155 Å². The molecule has 2 saturated heterocycles. The maximum absolute atomic E-state index is 14.4. The number of carbonyl (C=O) groups excluding carboxylic acids is 8. The summed E-state index contributed by atoms with van der Waals surface area (Å²) in [6, 6.07) is -2.20. The number of fused-ring (bicyclic) bond motifs is 1. The van der Waals surface area contributed by atoms with Gasteiger partial charge in [0.25, 0.3) is 0 Å². The van der Waals surface area contributed by atoms with Crippen molar-refractivity contribution < 1.29 is 43.5 Å². The van der Waals surface area contributed by atoms with E-state index in [9.17, 15) is 43.5 Å². The fourth-order valence-electron chi connectivity index (χ4n) is 8.25. The molecule has 2 fully saturated rings. The number of Topliss-reactive ketones (excluding diaryl/α,β-unsaturated/α-hetero) is 3. The number of phenols is 1. The van der Waals surface area contributed by atoms with Crippen molar-refractivity contribution in [2.75, 3.05) is 38.2 Å². The van der Waals surface area contributed by atoms with Crippen molar-refractivity contribution in [3.8, 4) is 5.75 Å². The molecule has 70 heavy (non-hydrogen) atoms. The molecule has 16 N–H and O–H groups in total. The maximum atomic E-state index is 14.4. The van der Waals surface area contributed by atoms with E-state index in [2.05, 4.69) is 48.1 Å². The minimum atomic E-state index is -1.43. The number of ketones is 3. The number of carbonyl (C=O) groups is 8. The fourth-order valence-corrected chi connectivity index (χ4v) is 8.72. The normalized spacial score (nSPS) is 25.6. The van der Waals surface area contributed by atoms with Crippen LogP contribution >= 0.6 is 11.8 Å². The van der Waals surface area contributed by atoms with Gasteiger partial charge < -0.3 is 53.8 Å². The van der Waals surface area contributed by atoms with Crippen molar-refractivity contribution in [3.63, 3.8) is 0 Å². The van der Waals surface area contributed by atoms with E-state index in [1.54, 1.807) is 39.8 Å². The smallest absolute Gasteiger partial charge is 0.243 e. The molecule has 0 aromatic heterocycles. The second-order valence-corrected chi connectivity index (χ2v) is 19.5. The van der Waals surface area contributed by atoms with Gasteiger partial charge in [-0.05, 0) is 100.0 Å². The van der Waals surface area contributed by atoms with Crippen LogP contribution in [0.1, 0.15) is 91.5 Å². The number of nitrogens with two attached hydrogens (primary N) is 2. The van der Waals surface area contributed by atoms with Crippen LogP contribution in [0.2, 0.25) is 0 Å². The molecular weight excluding hydrogens is 925 g/mol. The molecular formula is C46H76N14O9S. The summed E-state index contributed by atoms with van der Waals surface area (Å²) in [6.07, 6.45) is 3.71. The van der Waals surface area contributed by atoms with Crippen LogP contribution in [0.25, 0.3) is 0 Å². The van der Waals surface area contributed by atoms with Crippen molar-refractivity contribution in [2.45, 2.75) is 141 Å². The first-order chi connectivity index (χ1) is 33.1. The Morgan fingerprint density at radius 1 is 0.743 bits per heavy atom. The molecule has 1 aromatic carbocycles. The number of hydrazine groups is 1. The minimum Gasteiger partial charge on any atom is -0.508 e. The molecule has 0 radical (unpaired) electrons. The molecule has 0 bridgehead atoms. The Morgan fingerprint density at radius 2 is 1.31 bits per heavy atom. The molecule has 2 aliphatic heterocycles. The number of guanidine groups is 2. The van der Waals surface area contributed by atoms with Crippen molar-refractivity contribution in [2.24, 2.45) is 23.3 Å². The van der Waals surface area contributed by atoms with Crippen LogP contribution in [-0.2, 0) is 44.8 Å². The number of amides is 5. The highest BCUT2D eigenvalue weighted by Crippen LogP contribution is 2.23. The Kier molecular flexibility index (Phi) is 24.5. The lowest BCUT2D eigenvalue weighted by atomic mass is 9.98. The molecule has 0 spiro atoms. The zero-order chi connectivity index (χ0) is 52.1. The standard InChI is InChI=1S/C46H76N14O9S/c1-25(2)37-44(69)54-31(10-7-18-51-45(47)48)39(64)36(63)24-53-43(68)38(26(3)4)59-58-30(17-21-70-6)35(62)22-27(5)60-20-9-12-34(60)42(67)55-32(11-8-19-52-46(49)50)40(65)56-33(41(66)57-37)23-28-13-15-29(61)16-14-28/h13-16,25-27,30-34,37-38,58-59,61H,7-12,17-24H2,1-6H3,(H,53,68)(H,54,69)(H,55,67)(H,56,65)(H,57,66)(H4,47,48,51)(H4,49,50,52)/t27?,30-,31-,32-,33-,34-,37-,38-/m0/s1. The summed E-state index contributed by atoms with van der Waals surface area (Å²) < 4.78 is 0. The zero-order valence-corrected chi connectivity index (χ0v) is 42.0. The Morgan fingerprint density at radius 3 is 1.90 bits per heavy atom. The van der Waals surface area contributed by atoms with Gasteiger partial charge in [0.1, 0.15) is 29.9 Å². The number of benzene rings is 1. The number of hydrogen-bond donors (Lipinski definition) is 14. The highest BCUT2D eigenvalue weighted by Gasteiger charge is 2.39. The van der Waals surface area contributed by atoms with E-state index < -0.39 is 102 Å². The maximum Gasteiger partial charge on any atom is 0.243 e. The molecule has 1 aromatic rings. The van der Waals surface area contributed by atoms with Gasteiger partial charge in [-0.15, -0.1) is 0 Å². The highest BCUT2D eigenvalue weighted by atomic mass is 32.2. The first-order valence-corrected chi connectivity index (χ1v) is 25.3. The fraction of sp³-hybridized carbons (Fsp3) is 0.652. The molecule has 24 heteroatoms. The summed E-state index contributed by atoms with van der Waals surface area (Å²) >= 11 is 1.54. The zero-order valence-electron chi connectivity index (χ0n) is 41.2. The number of rotatable bonds is 15. The van der Waals surface area contributed by atoms with Crippen molar-refractivity contribution in [1.82, 2.24) is 53.0 Å². The third-order valence-corrected chi connectivity index (χ3v) is 12.9. The SMILES string of the molecule is CSCC[C@@H]1NN[C@@H](C(C)C)C(=O)NCC(=O)C(=O)[C@H](CCCNC(=N)N)NC(=O)[C@H](C(C)C)NC(=O)[C@H](Cc2ccc(O)cc2)NC(=O)[C@H](CCCNC(=N)N)NC(=O)[C@@H]2CCCN2C(C)CC1=O. The Labute approximate surface area is 414 Å². The highest BCUT2D eigenvalue weighted by molar-refractivity contribution is 7.98. The second kappa shape index (κ2) is 29.4. The Bertz CT molecular complexity index is 1990. The summed E-state index contributed by atoms with van der Waals surface area (Å²) in [4.78, 5) is 114. The molecule has 2 heterocycles. The van der Waals surface area contributed by atoms with Crippen LogP contribution in [0.3, 0.4) is 0 Å². The minimum absolute atomic E-state index is 0.0407. The van der Waals surface area contributed by atoms with E-state index in [0.29, 0.717) is 37.1 Å². The van der Waals surface area contributed by atoms with Crippen LogP contribution in [0.15, 0.2) is 24.3 Å². The summed E-state index contributed by atoms with van der Waals surface area (Å²) in [6.45, 7) is 8.77. The third-order valence-electron chi connectivity index (χ3n) is 12.2. The molecule has 0 saturated carbocycles. The van der Waals surface area contributed by atoms with Gasteiger partial charge in [-0.1, -0.05) is 39.8 Å². The van der Waals surface area contributed by atoms with Crippen molar-refractivity contribution >= 4 is 70.6 Å². The first kappa shape index (κ1) is 58.5. The number of aromatic hydroxyl groups is 1. The van der Waals surface area contributed by atoms with E-state index in [1.807, 2.05) is 18.1 Å². The average Bonchev–Trinajstić information content (AvgIpc) is 3.80. The lowest BCUT2D eigenvalue weighted by Crippen LogP contribution is -2.60. The summed E-state index contributed by atoms with van der Waals surface area (Å²) in [5.41, 5.74) is 17.5. The summed E-state index contributed by atoms with van der Waals surface area (Å²) in [5.74, 6) is -6.67. The van der Waals surface area contributed by atoms with Gasteiger partial charge in [-0.3, -0.25) is 54.1 Å². The van der Waals surface area contributed by atoms with Crippen molar-refractivity contribution in [3.05, 3.63) is 29.8 Å². The van der Waals surface area contributed by atoms with Gasteiger partial charge in [0.15, 0.2) is 17.7 Å². The second-order valence-electron chi connectivity index (χ2n) is 18.5. The monoisotopic (exact) mass is 1000 g/mol. The Hall–Kier alpha value is -5.85. The molecule has 2 aliphatic rings. The molecule has 1 unspecified atom stereocenters. The average molecular weight is 1000 g/mol. The lowest BCUT2D eigenvalue weighted by molar-refractivity contribution is -0.140. The lowest BCUT2D eigenvalue weighted by Gasteiger charge is -2.32. The number of nitrogens with zero attached hydrogens (tertiary/aromatic N) is 1.